The third kappa shape index (κ3) is 2.19. The Morgan fingerprint density at radius 2 is 2.33 bits per heavy atom. The standard InChI is InChI=1S/C10H8ClN3O3S/c1-2-18-10(15)13-8-4-3-6(14(16)17)5-7(8)9(11)12-13/h3-5H,2H2,1H3. The van der Waals surface area contributed by atoms with Gasteiger partial charge in [0.05, 0.1) is 10.4 Å². The Labute approximate surface area is 111 Å². The number of nitro groups is 1. The molecule has 94 valence electrons. The highest BCUT2D eigenvalue weighted by atomic mass is 35.5. The van der Waals surface area contributed by atoms with Crippen LogP contribution in [0.1, 0.15) is 6.92 Å². The molecule has 1 aromatic heterocycles. The molecule has 18 heavy (non-hydrogen) atoms. The van der Waals surface area contributed by atoms with Gasteiger partial charge in [-0.2, -0.15) is 9.78 Å². The number of thioether (sulfide) groups is 1. The third-order valence-electron chi connectivity index (χ3n) is 2.27. The summed E-state index contributed by atoms with van der Waals surface area (Å²) in [4.78, 5) is 21.9. The molecule has 0 fully saturated rings. The minimum absolute atomic E-state index is 0.0822. The molecular weight excluding hydrogens is 278 g/mol. The number of nitro benzene ring substituents is 1. The zero-order valence-corrected chi connectivity index (χ0v) is 10.9. The summed E-state index contributed by atoms with van der Waals surface area (Å²) >= 11 is 6.97. The number of carbonyl (C=O) groups is 1. The van der Waals surface area contributed by atoms with Crippen molar-refractivity contribution in [3.05, 3.63) is 33.5 Å². The van der Waals surface area contributed by atoms with Gasteiger partial charge in [-0.25, -0.2) is 0 Å². The van der Waals surface area contributed by atoms with E-state index in [1.54, 1.807) is 0 Å². The van der Waals surface area contributed by atoms with E-state index >= 15 is 0 Å². The Hall–Kier alpha value is -1.60. The van der Waals surface area contributed by atoms with Crippen LogP contribution in [0.25, 0.3) is 10.9 Å². The van der Waals surface area contributed by atoms with E-state index in [0.29, 0.717) is 16.7 Å². The van der Waals surface area contributed by atoms with Crippen molar-refractivity contribution < 1.29 is 9.72 Å². The highest BCUT2D eigenvalue weighted by Gasteiger charge is 2.17. The molecule has 2 rings (SSSR count). The van der Waals surface area contributed by atoms with Gasteiger partial charge in [-0.15, -0.1) is 0 Å². The van der Waals surface area contributed by atoms with E-state index in [-0.39, 0.29) is 16.1 Å². The van der Waals surface area contributed by atoms with Gasteiger partial charge in [0.1, 0.15) is 0 Å². The van der Waals surface area contributed by atoms with E-state index in [4.69, 9.17) is 11.6 Å². The van der Waals surface area contributed by atoms with Crippen molar-refractivity contribution in [3.63, 3.8) is 0 Å². The Morgan fingerprint density at radius 1 is 1.61 bits per heavy atom. The molecule has 0 unspecified atom stereocenters. The van der Waals surface area contributed by atoms with Crippen LogP contribution in [0.15, 0.2) is 18.2 Å². The van der Waals surface area contributed by atoms with Gasteiger partial charge in [0.15, 0.2) is 5.15 Å². The van der Waals surface area contributed by atoms with E-state index in [1.165, 1.54) is 18.2 Å². The van der Waals surface area contributed by atoms with Crippen LogP contribution in [-0.4, -0.2) is 25.7 Å². The zero-order chi connectivity index (χ0) is 13.3. The fourth-order valence-corrected chi connectivity index (χ4v) is 2.24. The molecule has 0 radical (unpaired) electrons. The van der Waals surface area contributed by atoms with E-state index < -0.39 is 4.92 Å². The zero-order valence-electron chi connectivity index (χ0n) is 9.29. The molecule has 0 saturated heterocycles. The lowest BCUT2D eigenvalue weighted by atomic mass is 10.2. The smallest absolute Gasteiger partial charge is 0.259 e. The van der Waals surface area contributed by atoms with E-state index in [0.717, 1.165) is 16.4 Å². The molecule has 0 bridgehead atoms. The maximum atomic E-state index is 11.8. The molecule has 0 aliphatic heterocycles. The molecule has 1 heterocycles. The molecule has 8 heteroatoms. The summed E-state index contributed by atoms with van der Waals surface area (Å²) in [6.45, 7) is 1.85. The second-order valence-corrected chi connectivity index (χ2v) is 4.93. The Morgan fingerprint density at radius 3 is 2.94 bits per heavy atom. The van der Waals surface area contributed by atoms with Gasteiger partial charge in [-0.3, -0.25) is 14.9 Å². The molecule has 0 N–H and O–H groups in total. The minimum Gasteiger partial charge on any atom is -0.259 e. The summed E-state index contributed by atoms with van der Waals surface area (Å²) in [6.07, 6.45) is 0. The van der Waals surface area contributed by atoms with Crippen LogP contribution in [0, 0.1) is 10.1 Å². The summed E-state index contributed by atoms with van der Waals surface area (Å²) in [7, 11) is 0. The van der Waals surface area contributed by atoms with Crippen molar-refractivity contribution >= 4 is 45.2 Å². The summed E-state index contributed by atoms with van der Waals surface area (Å²) < 4.78 is 1.16. The highest BCUT2D eigenvalue weighted by Crippen LogP contribution is 2.28. The van der Waals surface area contributed by atoms with E-state index in [1.807, 2.05) is 6.92 Å². The summed E-state index contributed by atoms with van der Waals surface area (Å²) in [5.74, 6) is 0.616. The Kier molecular flexibility index (Phi) is 3.53. The van der Waals surface area contributed by atoms with Crippen LogP contribution in [0.3, 0.4) is 0 Å². The topological polar surface area (TPSA) is 78.0 Å². The van der Waals surface area contributed by atoms with Crippen molar-refractivity contribution in [2.24, 2.45) is 0 Å². The van der Waals surface area contributed by atoms with Crippen molar-refractivity contribution in [2.75, 3.05) is 5.75 Å². The van der Waals surface area contributed by atoms with Crippen molar-refractivity contribution in [1.29, 1.82) is 0 Å². The molecule has 2 aromatic rings. The molecule has 0 aliphatic carbocycles. The van der Waals surface area contributed by atoms with Gasteiger partial charge >= 0.3 is 5.24 Å². The Bertz CT molecular complexity index is 641. The number of non-ortho nitro benzene ring substituents is 1. The molecule has 0 aliphatic rings. The average molecular weight is 286 g/mol. The van der Waals surface area contributed by atoms with Crippen molar-refractivity contribution in [3.8, 4) is 0 Å². The number of nitrogens with zero attached hydrogens (tertiary/aromatic N) is 3. The quantitative estimate of drug-likeness (QED) is 0.625. The van der Waals surface area contributed by atoms with Crippen LogP contribution in [0.2, 0.25) is 5.15 Å². The maximum absolute atomic E-state index is 11.8. The monoisotopic (exact) mass is 285 g/mol. The minimum atomic E-state index is -0.518. The number of fused-ring (bicyclic) bond motifs is 1. The van der Waals surface area contributed by atoms with Crippen LogP contribution in [0.5, 0.6) is 0 Å². The second kappa shape index (κ2) is 4.95. The third-order valence-corrected chi connectivity index (χ3v) is 3.26. The normalized spacial score (nSPS) is 10.8. The van der Waals surface area contributed by atoms with Crippen LogP contribution in [0.4, 0.5) is 10.5 Å². The molecule has 0 spiro atoms. The second-order valence-electron chi connectivity index (χ2n) is 3.36. The lowest BCUT2D eigenvalue weighted by molar-refractivity contribution is -0.384. The predicted octanol–water partition coefficient (Wildman–Crippen LogP) is 3.32. The first-order valence-electron chi connectivity index (χ1n) is 5.04. The number of hydrogen-bond acceptors (Lipinski definition) is 5. The Balaban J connectivity index is 2.59. The lowest BCUT2D eigenvalue weighted by Gasteiger charge is -1.99. The molecule has 0 saturated carbocycles. The first kappa shape index (κ1) is 12.8. The SMILES string of the molecule is CCSC(=O)n1nc(Cl)c2cc([N+](=O)[O-])ccc21. The van der Waals surface area contributed by atoms with Crippen LogP contribution < -0.4 is 0 Å². The highest BCUT2D eigenvalue weighted by molar-refractivity contribution is 8.13. The van der Waals surface area contributed by atoms with Gasteiger partial charge < -0.3 is 0 Å². The number of benzene rings is 1. The van der Waals surface area contributed by atoms with Crippen LogP contribution >= 0.6 is 23.4 Å². The van der Waals surface area contributed by atoms with Crippen molar-refractivity contribution in [2.45, 2.75) is 6.92 Å². The predicted molar refractivity (Wildman–Crippen MR) is 70.3 cm³/mol. The number of rotatable bonds is 2. The van der Waals surface area contributed by atoms with Gasteiger partial charge in [-0.1, -0.05) is 30.3 Å². The van der Waals surface area contributed by atoms with Crippen LogP contribution in [-0.2, 0) is 0 Å². The van der Waals surface area contributed by atoms with E-state index in [2.05, 4.69) is 5.10 Å². The maximum Gasteiger partial charge on any atom is 0.306 e. The number of hydrogen-bond donors (Lipinski definition) is 0. The van der Waals surface area contributed by atoms with Gasteiger partial charge in [-0.05, 0) is 11.8 Å². The number of carbonyl (C=O) groups excluding carboxylic acids is 1. The summed E-state index contributed by atoms with van der Waals surface area (Å²) in [5.41, 5.74) is 0.385. The molecule has 6 nitrogen and oxygen atoms in total. The fraction of sp³-hybridized carbons (Fsp3) is 0.200. The lowest BCUT2D eigenvalue weighted by Crippen LogP contribution is -2.07. The fourth-order valence-electron chi connectivity index (χ4n) is 1.51. The van der Waals surface area contributed by atoms with Gasteiger partial charge in [0.25, 0.3) is 5.69 Å². The number of halogens is 1. The molecule has 1 aromatic carbocycles. The first-order chi connectivity index (χ1) is 8.54. The summed E-state index contributed by atoms with van der Waals surface area (Å²) in [5, 5.41) is 14.8. The first-order valence-corrected chi connectivity index (χ1v) is 6.40. The number of aromatic nitrogens is 2. The van der Waals surface area contributed by atoms with Gasteiger partial charge in [0.2, 0.25) is 0 Å². The summed E-state index contributed by atoms with van der Waals surface area (Å²) in [6, 6.07) is 4.10. The largest absolute Gasteiger partial charge is 0.306 e. The molecular formula is C10H8ClN3O3S. The van der Waals surface area contributed by atoms with Gasteiger partial charge in [0, 0.05) is 17.5 Å². The molecule has 0 amide bonds. The molecule has 0 atom stereocenters. The van der Waals surface area contributed by atoms with Crippen molar-refractivity contribution in [1.82, 2.24) is 9.78 Å². The average Bonchev–Trinajstić information content (AvgIpc) is 2.67. The van der Waals surface area contributed by atoms with E-state index in [9.17, 15) is 14.9 Å².